The largest absolute Gasteiger partial charge is 0.288 e. The van der Waals surface area contributed by atoms with Crippen molar-refractivity contribution < 1.29 is 0 Å². The minimum absolute atomic E-state index is 0.688. The van der Waals surface area contributed by atoms with E-state index in [0.717, 1.165) is 15.5 Å². The highest BCUT2D eigenvalue weighted by atomic mass is 32.2. The Labute approximate surface area is 87.5 Å². The van der Waals surface area contributed by atoms with Crippen LogP contribution in [0.5, 0.6) is 0 Å². The third-order valence-electron chi connectivity index (χ3n) is 1.81. The molecular weight excluding hydrogens is 192 g/mol. The van der Waals surface area contributed by atoms with Gasteiger partial charge in [-0.2, -0.15) is 0 Å². The van der Waals surface area contributed by atoms with Crippen molar-refractivity contribution in [3.63, 3.8) is 0 Å². The Morgan fingerprint density at radius 2 is 2.36 bits per heavy atom. The quantitative estimate of drug-likeness (QED) is 0.646. The van der Waals surface area contributed by atoms with Crippen LogP contribution in [0, 0.1) is 0 Å². The van der Waals surface area contributed by atoms with Gasteiger partial charge in [-0.1, -0.05) is 24.4 Å². The summed E-state index contributed by atoms with van der Waals surface area (Å²) in [6.07, 6.45) is 7.44. The molecule has 2 rings (SSSR count). The van der Waals surface area contributed by atoms with Crippen molar-refractivity contribution in [2.24, 2.45) is 4.99 Å². The van der Waals surface area contributed by atoms with E-state index in [1.54, 1.807) is 24.2 Å². The van der Waals surface area contributed by atoms with Crippen LogP contribution in [-0.2, 0) is 6.54 Å². The number of fused-ring (bicyclic) bond motifs is 1. The highest BCUT2D eigenvalue weighted by Gasteiger charge is 2.04. The molecule has 2 heterocycles. The number of hydrogen-bond donors (Lipinski definition) is 0. The average molecular weight is 202 g/mol. The van der Waals surface area contributed by atoms with Gasteiger partial charge in [0.1, 0.15) is 5.03 Å². The van der Waals surface area contributed by atoms with E-state index in [0.29, 0.717) is 6.54 Å². The molecule has 0 amide bonds. The Balaban J connectivity index is 2.39. The van der Waals surface area contributed by atoms with E-state index in [-0.39, 0.29) is 0 Å². The molecule has 0 aliphatic carbocycles. The van der Waals surface area contributed by atoms with Crippen molar-refractivity contribution in [2.45, 2.75) is 11.6 Å². The molecule has 0 radical (unpaired) electrons. The normalized spacial score (nSPS) is 20.1. The number of aromatic nitrogens is 1. The number of aliphatic imine (C=N–C) groups is 1. The molecule has 0 fully saturated rings. The van der Waals surface area contributed by atoms with Crippen molar-refractivity contribution in [3.8, 4) is 0 Å². The van der Waals surface area contributed by atoms with Crippen LogP contribution in [0.1, 0.15) is 5.56 Å². The molecule has 1 aliphatic heterocycles. The van der Waals surface area contributed by atoms with Crippen LogP contribution < -0.4 is 0 Å². The maximum Gasteiger partial charge on any atom is 0.106 e. The zero-order chi connectivity index (χ0) is 9.80. The Kier molecular flexibility index (Phi) is 2.79. The summed E-state index contributed by atoms with van der Waals surface area (Å²) >= 11 is 1.59. The Bertz CT molecular complexity index is 408. The molecule has 70 valence electrons. The van der Waals surface area contributed by atoms with Gasteiger partial charge in [-0.25, -0.2) is 4.98 Å². The molecule has 0 saturated carbocycles. The second kappa shape index (κ2) is 4.24. The highest BCUT2D eigenvalue weighted by Crippen LogP contribution is 2.28. The molecule has 3 heteroatoms. The summed E-state index contributed by atoms with van der Waals surface area (Å²) in [7, 11) is 0. The standard InChI is InChI=1S/C11H10N2S/c1-9-4-2-6-12-8-10-5-3-7-13-11(10)14-9/h2-7H,1,8H2/b4-2-,12-6-. The van der Waals surface area contributed by atoms with Crippen LogP contribution in [0.4, 0.5) is 0 Å². The fraction of sp³-hybridized carbons (Fsp3) is 0.0909. The predicted octanol–water partition coefficient (Wildman–Crippen LogP) is 2.83. The van der Waals surface area contributed by atoms with E-state index < -0.39 is 0 Å². The summed E-state index contributed by atoms with van der Waals surface area (Å²) in [5.41, 5.74) is 1.15. The van der Waals surface area contributed by atoms with Crippen LogP contribution >= 0.6 is 11.8 Å². The van der Waals surface area contributed by atoms with E-state index >= 15 is 0 Å². The van der Waals surface area contributed by atoms with Crippen LogP contribution in [0.2, 0.25) is 0 Å². The first kappa shape index (κ1) is 9.21. The van der Waals surface area contributed by atoms with Gasteiger partial charge in [-0.15, -0.1) is 0 Å². The number of thioether (sulfide) groups is 1. The summed E-state index contributed by atoms with van der Waals surface area (Å²) in [5, 5.41) is 1.00. The third kappa shape index (κ3) is 2.12. The molecule has 1 aromatic rings. The predicted molar refractivity (Wildman–Crippen MR) is 60.6 cm³/mol. The minimum atomic E-state index is 0.688. The molecule has 0 spiro atoms. The molecule has 0 unspecified atom stereocenters. The smallest absolute Gasteiger partial charge is 0.106 e. The molecule has 0 bridgehead atoms. The number of nitrogens with zero attached hydrogens (tertiary/aromatic N) is 2. The Morgan fingerprint density at radius 3 is 3.29 bits per heavy atom. The van der Waals surface area contributed by atoms with Gasteiger partial charge in [0, 0.05) is 22.9 Å². The lowest BCUT2D eigenvalue weighted by Gasteiger charge is -2.03. The lowest BCUT2D eigenvalue weighted by atomic mass is 10.3. The minimum Gasteiger partial charge on any atom is -0.288 e. The SMILES string of the molecule is C=C1/C=C\C=N/Cc2cccnc2S1. The maximum atomic E-state index is 4.31. The maximum absolute atomic E-state index is 4.31. The fourth-order valence-corrected chi connectivity index (χ4v) is 1.93. The molecule has 0 aromatic carbocycles. The van der Waals surface area contributed by atoms with Gasteiger partial charge in [0.15, 0.2) is 0 Å². The van der Waals surface area contributed by atoms with Gasteiger partial charge < -0.3 is 0 Å². The molecule has 14 heavy (non-hydrogen) atoms. The summed E-state index contributed by atoms with van der Waals surface area (Å²) in [6.45, 7) is 4.62. The number of pyridine rings is 1. The van der Waals surface area contributed by atoms with E-state index in [9.17, 15) is 0 Å². The van der Waals surface area contributed by atoms with Crippen molar-refractivity contribution >= 4 is 18.0 Å². The van der Waals surface area contributed by atoms with Crippen molar-refractivity contribution in [1.82, 2.24) is 4.98 Å². The van der Waals surface area contributed by atoms with Gasteiger partial charge in [0.2, 0.25) is 0 Å². The van der Waals surface area contributed by atoms with E-state index in [4.69, 9.17) is 0 Å². The zero-order valence-corrected chi connectivity index (χ0v) is 8.50. The molecule has 2 nitrogen and oxygen atoms in total. The van der Waals surface area contributed by atoms with E-state index in [2.05, 4.69) is 16.6 Å². The van der Waals surface area contributed by atoms with E-state index in [1.807, 2.05) is 24.3 Å². The van der Waals surface area contributed by atoms with Gasteiger partial charge in [0.05, 0.1) is 6.54 Å². The zero-order valence-electron chi connectivity index (χ0n) is 7.68. The number of hydrogen-bond acceptors (Lipinski definition) is 3. The lowest BCUT2D eigenvalue weighted by Crippen LogP contribution is -1.88. The second-order valence-electron chi connectivity index (χ2n) is 2.88. The van der Waals surface area contributed by atoms with Gasteiger partial charge in [-0.3, -0.25) is 4.99 Å². The average Bonchev–Trinajstić information content (AvgIpc) is 2.27. The lowest BCUT2D eigenvalue weighted by molar-refractivity contribution is 0.970. The number of rotatable bonds is 0. The monoisotopic (exact) mass is 202 g/mol. The highest BCUT2D eigenvalue weighted by molar-refractivity contribution is 8.03. The van der Waals surface area contributed by atoms with Crippen LogP contribution in [0.15, 0.2) is 52.0 Å². The molecule has 0 N–H and O–H groups in total. The summed E-state index contributed by atoms with van der Waals surface area (Å²) in [5.74, 6) is 0. The van der Waals surface area contributed by atoms with Crippen molar-refractivity contribution in [3.05, 3.63) is 47.5 Å². The first-order valence-electron chi connectivity index (χ1n) is 4.33. The fourth-order valence-electron chi connectivity index (χ4n) is 1.16. The summed E-state index contributed by atoms with van der Waals surface area (Å²) in [4.78, 5) is 9.55. The molecule has 0 saturated heterocycles. The molecule has 0 atom stereocenters. The van der Waals surface area contributed by atoms with Crippen molar-refractivity contribution in [2.75, 3.05) is 0 Å². The molecule has 1 aromatic heterocycles. The Hall–Kier alpha value is -1.35. The van der Waals surface area contributed by atoms with Gasteiger partial charge in [0.25, 0.3) is 0 Å². The van der Waals surface area contributed by atoms with Gasteiger partial charge in [-0.05, 0) is 18.2 Å². The third-order valence-corrected chi connectivity index (χ3v) is 2.77. The van der Waals surface area contributed by atoms with Crippen LogP contribution in [0.3, 0.4) is 0 Å². The molecular formula is C11H10N2S. The van der Waals surface area contributed by atoms with Crippen LogP contribution in [-0.4, -0.2) is 11.2 Å². The Morgan fingerprint density at radius 1 is 1.43 bits per heavy atom. The van der Waals surface area contributed by atoms with Gasteiger partial charge >= 0.3 is 0 Å². The van der Waals surface area contributed by atoms with E-state index in [1.165, 1.54) is 0 Å². The first-order valence-corrected chi connectivity index (χ1v) is 5.15. The summed E-state index contributed by atoms with van der Waals surface area (Å²) in [6, 6.07) is 3.98. The topological polar surface area (TPSA) is 25.2 Å². The summed E-state index contributed by atoms with van der Waals surface area (Å²) < 4.78 is 0. The second-order valence-corrected chi connectivity index (χ2v) is 4.00. The van der Waals surface area contributed by atoms with Crippen molar-refractivity contribution in [1.29, 1.82) is 0 Å². The number of allylic oxidation sites excluding steroid dienone is 2. The first-order chi connectivity index (χ1) is 6.86. The molecule has 1 aliphatic rings. The van der Waals surface area contributed by atoms with Crippen LogP contribution in [0.25, 0.3) is 0 Å².